The third kappa shape index (κ3) is 1.29. The fourth-order valence-corrected chi connectivity index (χ4v) is 2.50. The van der Waals surface area contributed by atoms with Gasteiger partial charge in [0.25, 0.3) is 5.91 Å². The fourth-order valence-electron chi connectivity index (χ4n) is 2.50. The van der Waals surface area contributed by atoms with E-state index in [1.807, 2.05) is 0 Å². The van der Waals surface area contributed by atoms with Crippen LogP contribution in [-0.2, 0) is 4.79 Å². The Bertz CT molecular complexity index is 288. The third-order valence-electron chi connectivity index (χ3n) is 3.51. The molecule has 2 unspecified atom stereocenters. The first-order chi connectivity index (χ1) is 6.53. The van der Waals surface area contributed by atoms with Crippen LogP contribution in [0.15, 0.2) is 0 Å². The Labute approximate surface area is 83.4 Å². The van der Waals surface area contributed by atoms with Crippen LogP contribution < -0.4 is 10.6 Å². The lowest BCUT2D eigenvalue weighted by Crippen LogP contribution is -2.44. The number of nitrogens with one attached hydrogen (secondary N) is 2. The molecule has 14 heavy (non-hydrogen) atoms. The lowest BCUT2D eigenvalue weighted by atomic mass is 9.90. The van der Waals surface area contributed by atoms with Crippen molar-refractivity contribution in [2.24, 2.45) is 11.8 Å². The molecule has 2 rings (SSSR count). The molecule has 1 aliphatic heterocycles. The lowest BCUT2D eigenvalue weighted by molar-refractivity contribution is -0.123. The first-order valence-electron chi connectivity index (χ1n) is 5.17. The van der Waals surface area contributed by atoms with Gasteiger partial charge in [0.05, 0.1) is 0 Å². The number of carbonyl (C=O) groups excluding carboxylic acids is 2. The van der Waals surface area contributed by atoms with Crippen LogP contribution in [0.25, 0.3) is 0 Å². The number of carbonyl (C=O) groups is 2. The van der Waals surface area contributed by atoms with Crippen LogP contribution in [0.4, 0.5) is 4.79 Å². The Balaban J connectivity index is 2.13. The second-order valence-electron chi connectivity index (χ2n) is 4.74. The van der Waals surface area contributed by atoms with Crippen molar-refractivity contribution in [2.75, 3.05) is 0 Å². The smallest absolute Gasteiger partial charge is 0.322 e. The van der Waals surface area contributed by atoms with Crippen LogP contribution in [-0.4, -0.2) is 17.5 Å². The largest absolute Gasteiger partial charge is 0.323 e. The highest BCUT2D eigenvalue weighted by Crippen LogP contribution is 2.39. The minimum Gasteiger partial charge on any atom is -0.323 e. The molecule has 1 saturated heterocycles. The van der Waals surface area contributed by atoms with E-state index >= 15 is 0 Å². The van der Waals surface area contributed by atoms with Crippen LogP contribution in [0.2, 0.25) is 0 Å². The maximum absolute atomic E-state index is 11.6. The van der Waals surface area contributed by atoms with Gasteiger partial charge >= 0.3 is 6.03 Å². The van der Waals surface area contributed by atoms with Crippen LogP contribution in [0, 0.1) is 11.8 Å². The van der Waals surface area contributed by atoms with E-state index < -0.39 is 5.54 Å². The van der Waals surface area contributed by atoms with Crippen LogP contribution >= 0.6 is 0 Å². The normalized spacial score (nSPS) is 36.6. The second-order valence-corrected chi connectivity index (χ2v) is 4.74. The molecule has 2 atom stereocenters. The highest BCUT2D eigenvalue weighted by Gasteiger charge is 2.51. The number of urea groups is 1. The summed E-state index contributed by atoms with van der Waals surface area (Å²) < 4.78 is 0. The zero-order valence-electron chi connectivity index (χ0n) is 8.59. The molecule has 0 aromatic carbocycles. The number of rotatable bonds is 1. The molecule has 2 aliphatic rings. The maximum Gasteiger partial charge on any atom is 0.322 e. The summed E-state index contributed by atoms with van der Waals surface area (Å²) in [6.07, 6.45) is 2.61. The average molecular weight is 196 g/mol. The van der Waals surface area contributed by atoms with Crippen molar-refractivity contribution in [3.05, 3.63) is 0 Å². The number of hydrogen-bond acceptors (Lipinski definition) is 2. The molecule has 0 bridgehead atoms. The first kappa shape index (κ1) is 9.49. The topological polar surface area (TPSA) is 58.2 Å². The van der Waals surface area contributed by atoms with E-state index in [1.165, 1.54) is 0 Å². The zero-order chi connectivity index (χ0) is 10.3. The van der Waals surface area contributed by atoms with E-state index in [0.717, 1.165) is 19.3 Å². The maximum atomic E-state index is 11.6. The van der Waals surface area contributed by atoms with Crippen molar-refractivity contribution in [3.63, 3.8) is 0 Å². The Morgan fingerprint density at radius 2 is 2.14 bits per heavy atom. The van der Waals surface area contributed by atoms with Gasteiger partial charge in [0, 0.05) is 0 Å². The standard InChI is InChI=1S/C10H16N2O2/c1-6(2)7-3-4-10(5-7)8(13)11-9(14)12-10/h6-7H,3-5H2,1-2H3,(H2,11,12,13,14). The molecule has 0 aromatic rings. The highest BCUT2D eigenvalue weighted by molar-refractivity contribution is 6.07. The molecular weight excluding hydrogens is 180 g/mol. The molecule has 1 heterocycles. The Kier molecular flexibility index (Phi) is 2.01. The Morgan fingerprint density at radius 1 is 1.43 bits per heavy atom. The predicted molar refractivity (Wildman–Crippen MR) is 51.6 cm³/mol. The number of amides is 3. The van der Waals surface area contributed by atoms with Gasteiger partial charge in [-0.25, -0.2) is 4.79 Å². The van der Waals surface area contributed by atoms with Crippen molar-refractivity contribution >= 4 is 11.9 Å². The van der Waals surface area contributed by atoms with E-state index in [1.54, 1.807) is 0 Å². The third-order valence-corrected chi connectivity index (χ3v) is 3.51. The molecule has 78 valence electrons. The van der Waals surface area contributed by atoms with Gasteiger partial charge in [0.2, 0.25) is 0 Å². The molecule has 4 nitrogen and oxygen atoms in total. The molecule has 1 aliphatic carbocycles. The first-order valence-corrected chi connectivity index (χ1v) is 5.17. The molecular formula is C10H16N2O2. The summed E-state index contributed by atoms with van der Waals surface area (Å²) in [5.41, 5.74) is -0.577. The van der Waals surface area contributed by atoms with Gasteiger partial charge in [-0.3, -0.25) is 10.1 Å². The SMILES string of the molecule is CC(C)C1CCC2(C1)NC(=O)NC2=O. The van der Waals surface area contributed by atoms with Gasteiger partial charge < -0.3 is 5.32 Å². The van der Waals surface area contributed by atoms with Crippen molar-refractivity contribution in [2.45, 2.75) is 38.6 Å². The lowest BCUT2D eigenvalue weighted by Gasteiger charge is -2.20. The molecule has 0 aromatic heterocycles. The Morgan fingerprint density at radius 3 is 2.57 bits per heavy atom. The highest BCUT2D eigenvalue weighted by atomic mass is 16.2. The summed E-state index contributed by atoms with van der Waals surface area (Å²) in [5.74, 6) is 1.00. The van der Waals surface area contributed by atoms with Crippen LogP contribution in [0.1, 0.15) is 33.1 Å². The van der Waals surface area contributed by atoms with E-state index in [-0.39, 0.29) is 11.9 Å². The zero-order valence-corrected chi connectivity index (χ0v) is 8.59. The van der Waals surface area contributed by atoms with Gasteiger partial charge in [0.1, 0.15) is 5.54 Å². The molecule has 1 saturated carbocycles. The van der Waals surface area contributed by atoms with Gasteiger partial charge in [-0.05, 0) is 31.1 Å². The molecule has 2 fully saturated rings. The van der Waals surface area contributed by atoms with Crippen LogP contribution in [0.5, 0.6) is 0 Å². The average Bonchev–Trinajstić information content (AvgIpc) is 2.59. The molecule has 3 amide bonds. The molecule has 1 spiro atoms. The van der Waals surface area contributed by atoms with Crippen molar-refractivity contribution in [1.29, 1.82) is 0 Å². The van der Waals surface area contributed by atoms with E-state index in [0.29, 0.717) is 11.8 Å². The number of imide groups is 1. The van der Waals surface area contributed by atoms with Gasteiger partial charge in [-0.2, -0.15) is 0 Å². The monoisotopic (exact) mass is 196 g/mol. The molecule has 0 radical (unpaired) electrons. The van der Waals surface area contributed by atoms with Crippen molar-refractivity contribution < 1.29 is 9.59 Å². The fraction of sp³-hybridized carbons (Fsp3) is 0.800. The van der Waals surface area contributed by atoms with Crippen LogP contribution in [0.3, 0.4) is 0 Å². The second kappa shape index (κ2) is 2.97. The summed E-state index contributed by atoms with van der Waals surface area (Å²) in [5, 5.41) is 5.08. The minimum absolute atomic E-state index is 0.134. The molecule has 2 N–H and O–H groups in total. The van der Waals surface area contributed by atoms with Crippen molar-refractivity contribution in [3.8, 4) is 0 Å². The summed E-state index contributed by atoms with van der Waals surface area (Å²) in [6.45, 7) is 4.33. The summed E-state index contributed by atoms with van der Waals surface area (Å²) in [7, 11) is 0. The quantitative estimate of drug-likeness (QED) is 0.615. The number of hydrogen-bond donors (Lipinski definition) is 2. The predicted octanol–water partition coefficient (Wildman–Crippen LogP) is 1.02. The van der Waals surface area contributed by atoms with Gasteiger partial charge in [-0.15, -0.1) is 0 Å². The summed E-state index contributed by atoms with van der Waals surface area (Å²) >= 11 is 0. The van der Waals surface area contributed by atoms with E-state index in [4.69, 9.17) is 0 Å². The Hall–Kier alpha value is -1.06. The van der Waals surface area contributed by atoms with Crippen molar-refractivity contribution in [1.82, 2.24) is 10.6 Å². The van der Waals surface area contributed by atoms with Gasteiger partial charge in [-0.1, -0.05) is 13.8 Å². The summed E-state index contributed by atoms with van der Waals surface area (Å²) in [6, 6.07) is -0.334. The van der Waals surface area contributed by atoms with E-state index in [2.05, 4.69) is 24.5 Å². The van der Waals surface area contributed by atoms with E-state index in [9.17, 15) is 9.59 Å². The molecule has 4 heteroatoms. The van der Waals surface area contributed by atoms with Gasteiger partial charge in [0.15, 0.2) is 0 Å². The minimum atomic E-state index is -0.577. The summed E-state index contributed by atoms with van der Waals surface area (Å²) in [4.78, 5) is 22.6.